The first-order chi connectivity index (χ1) is 12.4. The van der Waals surface area contributed by atoms with Crippen molar-refractivity contribution in [2.24, 2.45) is 0 Å². The largest absolute Gasteiger partial charge is 0.496 e. The van der Waals surface area contributed by atoms with Gasteiger partial charge in [0.1, 0.15) is 18.7 Å². The third kappa shape index (κ3) is 4.62. The lowest BCUT2D eigenvalue weighted by Crippen LogP contribution is -2.66. The van der Waals surface area contributed by atoms with Crippen LogP contribution in [0.2, 0.25) is 5.04 Å². The molecule has 2 nitrogen and oxygen atoms in total. The lowest BCUT2D eigenvalue weighted by Gasteiger charge is -2.43. The molecule has 0 aliphatic carbocycles. The number of hydrogen-bond donors (Lipinski definition) is 0. The Bertz CT molecular complexity index is 654. The Labute approximate surface area is 157 Å². The summed E-state index contributed by atoms with van der Waals surface area (Å²) in [5.41, 5.74) is 0. The van der Waals surface area contributed by atoms with E-state index < -0.39 is 8.32 Å². The van der Waals surface area contributed by atoms with Gasteiger partial charge in [-0.25, -0.2) is 4.39 Å². The number of allylic oxidation sites excluding steroid dienone is 1. The van der Waals surface area contributed by atoms with Gasteiger partial charge in [-0.3, -0.25) is 0 Å². The molecule has 0 spiro atoms. The van der Waals surface area contributed by atoms with Gasteiger partial charge in [0.15, 0.2) is 0 Å². The Kier molecular flexibility index (Phi) is 7.18. The van der Waals surface area contributed by atoms with Gasteiger partial charge >= 0.3 is 0 Å². The SMILES string of the molecule is CC/C(F)=C\OCCO[Si](c1ccccc1)(c1ccccc1)C(C)(C)C. The van der Waals surface area contributed by atoms with E-state index in [2.05, 4.69) is 69.3 Å². The highest BCUT2D eigenvalue weighted by Gasteiger charge is 2.49. The summed E-state index contributed by atoms with van der Waals surface area (Å²) in [6, 6.07) is 20.9. The number of rotatable bonds is 8. The lowest BCUT2D eigenvalue weighted by molar-refractivity contribution is 0.167. The molecule has 0 N–H and O–H groups in total. The first kappa shape index (κ1) is 20.4. The maximum Gasteiger partial charge on any atom is 0.261 e. The summed E-state index contributed by atoms with van der Waals surface area (Å²) in [5.74, 6) is -0.254. The average molecular weight is 373 g/mol. The fourth-order valence-electron chi connectivity index (χ4n) is 3.24. The minimum Gasteiger partial charge on any atom is -0.496 e. The minimum atomic E-state index is -2.53. The third-order valence-electron chi connectivity index (χ3n) is 4.49. The smallest absolute Gasteiger partial charge is 0.261 e. The van der Waals surface area contributed by atoms with Gasteiger partial charge in [0, 0.05) is 0 Å². The van der Waals surface area contributed by atoms with Gasteiger partial charge in [-0.15, -0.1) is 0 Å². The standard InChI is InChI=1S/C22H29FO2Si/c1-5-19(23)18-24-16-17-25-26(22(2,3)4,20-12-8-6-9-13-20)21-14-10-7-11-15-21/h6-15,18H,5,16-17H2,1-4H3/b19-18+. The number of benzene rings is 2. The Morgan fingerprint density at radius 2 is 1.42 bits per heavy atom. The van der Waals surface area contributed by atoms with E-state index in [1.165, 1.54) is 16.6 Å². The molecule has 0 aliphatic heterocycles. The van der Waals surface area contributed by atoms with Crippen LogP contribution in [0.4, 0.5) is 4.39 Å². The molecule has 140 valence electrons. The summed E-state index contributed by atoms with van der Waals surface area (Å²) in [7, 11) is -2.53. The first-order valence-corrected chi connectivity index (χ1v) is 11.0. The van der Waals surface area contributed by atoms with Crippen LogP contribution in [0.15, 0.2) is 72.8 Å². The molecule has 0 heterocycles. The molecule has 2 aromatic carbocycles. The maximum atomic E-state index is 13.2. The van der Waals surface area contributed by atoms with Crippen molar-refractivity contribution in [2.75, 3.05) is 13.2 Å². The molecule has 0 unspecified atom stereocenters. The molecule has 0 saturated carbocycles. The highest BCUT2D eigenvalue weighted by Crippen LogP contribution is 2.36. The summed E-state index contributed by atoms with van der Waals surface area (Å²) >= 11 is 0. The van der Waals surface area contributed by atoms with E-state index in [0.29, 0.717) is 19.6 Å². The van der Waals surface area contributed by atoms with Crippen LogP contribution in [0, 0.1) is 0 Å². The Hall–Kier alpha value is -1.91. The number of halogens is 1. The van der Waals surface area contributed by atoms with Crippen LogP contribution in [0.3, 0.4) is 0 Å². The van der Waals surface area contributed by atoms with Gasteiger partial charge in [0.05, 0.1) is 6.61 Å². The molecule has 0 amide bonds. The zero-order chi connectivity index (χ0) is 19.0. The van der Waals surface area contributed by atoms with Crippen LogP contribution in [-0.2, 0) is 9.16 Å². The average Bonchev–Trinajstić information content (AvgIpc) is 2.65. The molecule has 0 aromatic heterocycles. The first-order valence-electron chi connectivity index (χ1n) is 9.13. The van der Waals surface area contributed by atoms with Crippen molar-refractivity contribution in [3.05, 3.63) is 72.8 Å². The zero-order valence-electron chi connectivity index (χ0n) is 16.2. The maximum absolute atomic E-state index is 13.2. The van der Waals surface area contributed by atoms with E-state index in [9.17, 15) is 4.39 Å². The fourth-order valence-corrected chi connectivity index (χ4v) is 7.78. The summed E-state index contributed by atoms with van der Waals surface area (Å²) < 4.78 is 25.2. The van der Waals surface area contributed by atoms with E-state index in [1.807, 2.05) is 12.1 Å². The van der Waals surface area contributed by atoms with Crippen LogP contribution >= 0.6 is 0 Å². The van der Waals surface area contributed by atoms with E-state index >= 15 is 0 Å². The number of ether oxygens (including phenoxy) is 1. The molecular formula is C22H29FO2Si. The molecule has 4 heteroatoms. The summed E-state index contributed by atoms with van der Waals surface area (Å²) in [6.07, 6.45) is 1.53. The molecule has 0 aliphatic rings. The molecular weight excluding hydrogens is 343 g/mol. The van der Waals surface area contributed by atoms with E-state index in [0.717, 1.165) is 0 Å². The Morgan fingerprint density at radius 3 is 1.85 bits per heavy atom. The number of hydrogen-bond acceptors (Lipinski definition) is 2. The van der Waals surface area contributed by atoms with Crippen molar-refractivity contribution in [1.82, 2.24) is 0 Å². The second-order valence-electron chi connectivity index (χ2n) is 7.30. The van der Waals surface area contributed by atoms with Gasteiger partial charge in [-0.2, -0.15) is 0 Å². The van der Waals surface area contributed by atoms with Crippen molar-refractivity contribution in [3.63, 3.8) is 0 Å². The summed E-state index contributed by atoms with van der Waals surface area (Å²) in [6.45, 7) is 9.21. The Morgan fingerprint density at radius 1 is 0.923 bits per heavy atom. The predicted octanol–water partition coefficient (Wildman–Crippen LogP) is 4.80. The summed E-state index contributed by atoms with van der Waals surface area (Å²) in [4.78, 5) is 0. The fraction of sp³-hybridized carbons (Fsp3) is 0.364. The van der Waals surface area contributed by atoms with Crippen LogP contribution < -0.4 is 10.4 Å². The van der Waals surface area contributed by atoms with Crippen molar-refractivity contribution in [2.45, 2.75) is 39.2 Å². The monoisotopic (exact) mass is 372 g/mol. The third-order valence-corrected chi connectivity index (χ3v) is 9.53. The van der Waals surface area contributed by atoms with Crippen molar-refractivity contribution >= 4 is 18.7 Å². The predicted molar refractivity (Wildman–Crippen MR) is 109 cm³/mol. The van der Waals surface area contributed by atoms with Crippen molar-refractivity contribution in [3.8, 4) is 0 Å². The second-order valence-corrected chi connectivity index (χ2v) is 11.6. The molecule has 0 radical (unpaired) electrons. The van der Waals surface area contributed by atoms with Gasteiger partial charge in [0.2, 0.25) is 0 Å². The highest BCUT2D eigenvalue weighted by molar-refractivity contribution is 6.99. The van der Waals surface area contributed by atoms with Gasteiger partial charge in [-0.1, -0.05) is 88.4 Å². The highest BCUT2D eigenvalue weighted by atomic mass is 28.4. The van der Waals surface area contributed by atoms with Gasteiger partial charge < -0.3 is 9.16 Å². The van der Waals surface area contributed by atoms with Crippen LogP contribution in [0.5, 0.6) is 0 Å². The quantitative estimate of drug-likeness (QED) is 0.376. The molecule has 2 aromatic rings. The molecule has 26 heavy (non-hydrogen) atoms. The van der Waals surface area contributed by atoms with Crippen LogP contribution in [0.25, 0.3) is 0 Å². The van der Waals surface area contributed by atoms with E-state index in [-0.39, 0.29) is 10.9 Å². The van der Waals surface area contributed by atoms with Crippen LogP contribution in [0.1, 0.15) is 34.1 Å². The van der Waals surface area contributed by atoms with E-state index in [4.69, 9.17) is 9.16 Å². The molecule has 2 rings (SSSR count). The molecule has 0 bridgehead atoms. The lowest BCUT2D eigenvalue weighted by atomic mass is 10.2. The molecule has 0 atom stereocenters. The minimum absolute atomic E-state index is 0.0692. The Balaban J connectivity index is 2.35. The second kappa shape index (κ2) is 9.15. The normalized spacial score (nSPS) is 12.9. The van der Waals surface area contributed by atoms with Crippen LogP contribution in [-0.4, -0.2) is 21.5 Å². The molecule has 0 saturated heterocycles. The zero-order valence-corrected chi connectivity index (χ0v) is 17.2. The van der Waals surface area contributed by atoms with Crippen molar-refractivity contribution < 1.29 is 13.6 Å². The van der Waals surface area contributed by atoms with Crippen molar-refractivity contribution in [1.29, 1.82) is 0 Å². The molecule has 0 fully saturated rings. The topological polar surface area (TPSA) is 18.5 Å². The van der Waals surface area contributed by atoms with Gasteiger partial charge in [-0.05, 0) is 21.8 Å². The van der Waals surface area contributed by atoms with E-state index in [1.54, 1.807) is 6.92 Å². The van der Waals surface area contributed by atoms with Gasteiger partial charge in [0.25, 0.3) is 8.32 Å². The summed E-state index contributed by atoms with van der Waals surface area (Å²) in [5, 5.41) is 2.39.